The van der Waals surface area contributed by atoms with E-state index in [0.29, 0.717) is 6.04 Å². The molecule has 1 N–H and O–H groups in total. The van der Waals surface area contributed by atoms with Gasteiger partial charge < -0.3 is 15.1 Å². The largest absolute Gasteiger partial charge is 0.356 e. The maximum atomic E-state index is 4.55. The van der Waals surface area contributed by atoms with E-state index in [0.717, 1.165) is 49.1 Å². The van der Waals surface area contributed by atoms with Crippen LogP contribution in [-0.2, 0) is 0 Å². The van der Waals surface area contributed by atoms with Crippen LogP contribution in [0.15, 0.2) is 33.7 Å². The van der Waals surface area contributed by atoms with E-state index in [4.69, 9.17) is 0 Å². The van der Waals surface area contributed by atoms with E-state index < -0.39 is 0 Å². The van der Waals surface area contributed by atoms with Crippen molar-refractivity contribution in [3.63, 3.8) is 0 Å². The molecule has 0 saturated carbocycles. The average Bonchev–Trinajstić information content (AvgIpc) is 2.69. The quantitative estimate of drug-likeness (QED) is 0.581. The smallest absolute Gasteiger partial charge is 0.193 e. The zero-order chi connectivity index (χ0) is 19.2. The molecular weight excluding hydrogens is 402 g/mol. The van der Waals surface area contributed by atoms with Crippen LogP contribution in [0.3, 0.4) is 0 Å². The Labute approximate surface area is 172 Å². The molecule has 6 heteroatoms. The minimum Gasteiger partial charge on any atom is -0.356 e. The SMILES string of the molecule is CN=C(NCC1CCCN(C)C1)N1CCN(C(C)c2ccc(Br)cc2)CC1. The Morgan fingerprint density at radius 3 is 2.52 bits per heavy atom. The molecule has 3 rings (SSSR count). The summed E-state index contributed by atoms with van der Waals surface area (Å²) in [6.07, 6.45) is 2.64. The second-order valence-electron chi connectivity index (χ2n) is 7.95. The monoisotopic (exact) mass is 435 g/mol. The van der Waals surface area contributed by atoms with Crippen LogP contribution < -0.4 is 5.32 Å². The summed E-state index contributed by atoms with van der Waals surface area (Å²) in [5.41, 5.74) is 1.38. The highest BCUT2D eigenvalue weighted by molar-refractivity contribution is 9.10. The van der Waals surface area contributed by atoms with Crippen molar-refractivity contribution in [2.45, 2.75) is 25.8 Å². The van der Waals surface area contributed by atoms with E-state index in [2.05, 4.69) is 79.2 Å². The second kappa shape index (κ2) is 9.89. The lowest BCUT2D eigenvalue weighted by Gasteiger charge is -2.40. The first kappa shape index (κ1) is 20.6. The molecule has 2 heterocycles. The van der Waals surface area contributed by atoms with Crippen LogP contribution in [-0.4, -0.2) is 80.6 Å². The molecule has 1 aromatic carbocycles. The Kier molecular flexibility index (Phi) is 7.56. The maximum Gasteiger partial charge on any atom is 0.193 e. The lowest BCUT2D eigenvalue weighted by Crippen LogP contribution is -2.53. The number of hydrogen-bond acceptors (Lipinski definition) is 3. The molecule has 27 heavy (non-hydrogen) atoms. The number of guanidine groups is 1. The predicted octanol–water partition coefficient (Wildman–Crippen LogP) is 3.04. The first-order valence-corrected chi connectivity index (χ1v) is 11.0. The molecule has 1 aromatic rings. The van der Waals surface area contributed by atoms with Gasteiger partial charge in [0.05, 0.1) is 0 Å². The first-order chi connectivity index (χ1) is 13.1. The molecular formula is C21H34BrN5. The van der Waals surface area contributed by atoms with E-state index in [9.17, 15) is 0 Å². The minimum atomic E-state index is 0.452. The lowest BCUT2D eigenvalue weighted by molar-refractivity contribution is 0.137. The first-order valence-electron chi connectivity index (χ1n) is 10.2. The highest BCUT2D eigenvalue weighted by atomic mass is 79.9. The van der Waals surface area contributed by atoms with Crippen molar-refractivity contribution in [1.82, 2.24) is 20.0 Å². The molecule has 0 aromatic heterocycles. The van der Waals surface area contributed by atoms with Crippen molar-refractivity contribution >= 4 is 21.9 Å². The number of nitrogens with one attached hydrogen (secondary N) is 1. The summed E-state index contributed by atoms with van der Waals surface area (Å²) in [5, 5.41) is 3.64. The average molecular weight is 436 g/mol. The van der Waals surface area contributed by atoms with Gasteiger partial charge in [0.15, 0.2) is 5.96 Å². The molecule has 0 radical (unpaired) electrons. The zero-order valence-corrected chi connectivity index (χ0v) is 18.6. The number of aliphatic imine (C=N–C) groups is 1. The normalized spacial score (nSPS) is 24.1. The molecule has 2 saturated heterocycles. The van der Waals surface area contributed by atoms with Crippen molar-refractivity contribution in [2.75, 3.05) is 59.9 Å². The molecule has 2 atom stereocenters. The van der Waals surface area contributed by atoms with Crippen LogP contribution in [0.5, 0.6) is 0 Å². The molecule has 0 aliphatic carbocycles. The van der Waals surface area contributed by atoms with Crippen molar-refractivity contribution in [2.24, 2.45) is 10.9 Å². The summed E-state index contributed by atoms with van der Waals surface area (Å²) < 4.78 is 1.14. The van der Waals surface area contributed by atoms with Crippen LogP contribution in [0.25, 0.3) is 0 Å². The number of nitrogens with zero attached hydrogens (tertiary/aromatic N) is 4. The number of rotatable bonds is 4. The van der Waals surface area contributed by atoms with Crippen molar-refractivity contribution in [3.05, 3.63) is 34.3 Å². The van der Waals surface area contributed by atoms with Crippen LogP contribution in [0.4, 0.5) is 0 Å². The lowest BCUT2D eigenvalue weighted by atomic mass is 9.98. The minimum absolute atomic E-state index is 0.452. The standard InChI is InChI=1S/C21H34BrN5/c1-17(19-6-8-20(22)9-7-19)26-11-13-27(14-12-26)21(23-2)24-15-18-5-4-10-25(3)16-18/h6-9,17-18H,4-5,10-16H2,1-3H3,(H,23,24). The second-order valence-corrected chi connectivity index (χ2v) is 8.86. The van der Waals surface area contributed by atoms with E-state index in [1.54, 1.807) is 0 Å². The van der Waals surface area contributed by atoms with Crippen molar-refractivity contribution in [1.29, 1.82) is 0 Å². The number of piperazine rings is 1. The van der Waals surface area contributed by atoms with Crippen LogP contribution in [0.2, 0.25) is 0 Å². The Morgan fingerprint density at radius 2 is 1.89 bits per heavy atom. The summed E-state index contributed by atoms with van der Waals surface area (Å²) in [6.45, 7) is 9.99. The Morgan fingerprint density at radius 1 is 1.19 bits per heavy atom. The van der Waals surface area contributed by atoms with E-state index >= 15 is 0 Å². The van der Waals surface area contributed by atoms with Gasteiger partial charge in [0.25, 0.3) is 0 Å². The maximum absolute atomic E-state index is 4.55. The van der Waals surface area contributed by atoms with Gasteiger partial charge in [0, 0.05) is 56.8 Å². The van der Waals surface area contributed by atoms with Gasteiger partial charge in [-0.05, 0) is 57.0 Å². The van der Waals surface area contributed by atoms with Crippen molar-refractivity contribution in [3.8, 4) is 0 Å². The summed E-state index contributed by atoms with van der Waals surface area (Å²) >= 11 is 3.53. The number of piperidine rings is 1. The van der Waals surface area contributed by atoms with Crippen LogP contribution >= 0.6 is 15.9 Å². The molecule has 2 fully saturated rings. The highest BCUT2D eigenvalue weighted by Gasteiger charge is 2.24. The Balaban J connectivity index is 1.47. The third kappa shape index (κ3) is 5.69. The van der Waals surface area contributed by atoms with E-state index in [-0.39, 0.29) is 0 Å². The number of hydrogen-bond donors (Lipinski definition) is 1. The topological polar surface area (TPSA) is 34.1 Å². The van der Waals surface area contributed by atoms with Gasteiger partial charge in [-0.2, -0.15) is 0 Å². The molecule has 2 unspecified atom stereocenters. The fourth-order valence-electron chi connectivity index (χ4n) is 4.28. The summed E-state index contributed by atoms with van der Waals surface area (Å²) in [4.78, 5) is 12.0. The highest BCUT2D eigenvalue weighted by Crippen LogP contribution is 2.23. The predicted molar refractivity (Wildman–Crippen MR) is 117 cm³/mol. The third-order valence-electron chi connectivity index (χ3n) is 6.00. The molecule has 0 spiro atoms. The Bertz CT molecular complexity index is 610. The third-order valence-corrected chi connectivity index (χ3v) is 6.53. The fraction of sp³-hybridized carbons (Fsp3) is 0.667. The van der Waals surface area contributed by atoms with Gasteiger partial charge in [-0.25, -0.2) is 0 Å². The van der Waals surface area contributed by atoms with Gasteiger partial charge in [-0.1, -0.05) is 28.1 Å². The number of likely N-dealkylation sites (tertiary alicyclic amines) is 1. The number of halogens is 1. The molecule has 2 aliphatic heterocycles. The summed E-state index contributed by atoms with van der Waals surface area (Å²) in [6, 6.07) is 9.17. The summed E-state index contributed by atoms with van der Waals surface area (Å²) in [5.74, 6) is 1.80. The Hall–Kier alpha value is -1.11. The van der Waals surface area contributed by atoms with E-state index in [1.807, 2.05) is 7.05 Å². The van der Waals surface area contributed by atoms with Crippen molar-refractivity contribution < 1.29 is 0 Å². The summed E-state index contributed by atoms with van der Waals surface area (Å²) in [7, 11) is 4.14. The van der Waals surface area contributed by atoms with Gasteiger partial charge in [0.2, 0.25) is 0 Å². The molecule has 150 valence electrons. The van der Waals surface area contributed by atoms with Gasteiger partial charge >= 0.3 is 0 Å². The zero-order valence-electron chi connectivity index (χ0n) is 17.0. The fourth-order valence-corrected chi connectivity index (χ4v) is 4.55. The van der Waals surface area contributed by atoms with Gasteiger partial charge in [-0.15, -0.1) is 0 Å². The van der Waals surface area contributed by atoms with Crippen LogP contribution in [0.1, 0.15) is 31.4 Å². The molecule has 0 bridgehead atoms. The van der Waals surface area contributed by atoms with E-state index in [1.165, 1.54) is 31.5 Å². The molecule has 2 aliphatic rings. The van der Waals surface area contributed by atoms with Crippen LogP contribution in [0, 0.1) is 5.92 Å². The molecule has 5 nitrogen and oxygen atoms in total. The van der Waals surface area contributed by atoms with Gasteiger partial charge in [-0.3, -0.25) is 9.89 Å². The number of benzene rings is 1. The molecule has 0 amide bonds. The van der Waals surface area contributed by atoms with Gasteiger partial charge in [0.1, 0.15) is 0 Å².